The average Bonchev–Trinajstić information content (AvgIpc) is 3.56. The number of hydrogen-bond acceptors (Lipinski definition) is 13. The van der Waals surface area contributed by atoms with Crippen LogP contribution in [-0.4, -0.2) is 82.7 Å². The number of unbranched alkanes of at least 4 members (excludes halogenated alkanes) is 7. The van der Waals surface area contributed by atoms with Crippen LogP contribution in [0, 0.1) is 0 Å². The van der Waals surface area contributed by atoms with Gasteiger partial charge in [0.05, 0.1) is 26.7 Å². The second kappa shape index (κ2) is 15.9. The van der Waals surface area contributed by atoms with Gasteiger partial charge in [-0.2, -0.15) is 8.42 Å². The van der Waals surface area contributed by atoms with Crippen molar-refractivity contribution in [3.63, 3.8) is 0 Å². The number of amides is 1. The molecule has 3 heterocycles. The zero-order valence-corrected chi connectivity index (χ0v) is 25.4. The molecule has 3 aromatic rings. The number of nitrogens with zero attached hydrogens (tertiary/aromatic N) is 4. The maximum atomic E-state index is 12.3. The maximum Gasteiger partial charge on any atom is 0.362 e. The molecule has 1 aliphatic rings. The molecule has 0 saturated carbocycles. The van der Waals surface area contributed by atoms with Crippen LogP contribution in [0.5, 0.6) is 11.5 Å². The van der Waals surface area contributed by atoms with Crippen LogP contribution in [-0.2, 0) is 24.0 Å². The van der Waals surface area contributed by atoms with Gasteiger partial charge in [-0.3, -0.25) is 13.5 Å². The third-order valence-corrected chi connectivity index (χ3v) is 8.18. The Morgan fingerprint density at radius 1 is 0.977 bits per heavy atom. The predicted molar refractivity (Wildman–Crippen MR) is 159 cm³/mol. The molecule has 5 N–H and O–H groups in total. The number of rotatable bonds is 18. The van der Waals surface area contributed by atoms with Crippen LogP contribution in [0.1, 0.15) is 64.0 Å². The number of aliphatic hydroxyl groups excluding tert-OH is 2. The third-order valence-electron chi connectivity index (χ3n) is 7.25. The molecule has 4 atom stereocenters. The summed E-state index contributed by atoms with van der Waals surface area (Å²) in [5, 5.41) is 20.9. The molecule has 0 bridgehead atoms. The fourth-order valence-corrected chi connectivity index (χ4v) is 5.59. The first kappa shape index (κ1) is 33.3. The SMILES string of the molecule is COc1ccc(OCCCCCCCCCCC(=O)NS(=O)(=O)OC[C@H]2O[C@@H](n3cnc4c(N)ncnc43)[C@H](O)[C@@H]2O)cc1. The second-order valence-electron chi connectivity index (χ2n) is 10.5. The summed E-state index contributed by atoms with van der Waals surface area (Å²) >= 11 is 0. The lowest BCUT2D eigenvalue weighted by molar-refractivity contribution is -0.119. The largest absolute Gasteiger partial charge is 0.497 e. The van der Waals surface area contributed by atoms with E-state index in [-0.39, 0.29) is 23.4 Å². The molecule has 0 radical (unpaired) electrons. The van der Waals surface area contributed by atoms with Gasteiger partial charge in [0, 0.05) is 6.42 Å². The van der Waals surface area contributed by atoms with Gasteiger partial charge >= 0.3 is 10.3 Å². The van der Waals surface area contributed by atoms with Crippen molar-refractivity contribution in [2.75, 3.05) is 26.1 Å². The maximum absolute atomic E-state index is 12.3. The summed E-state index contributed by atoms with van der Waals surface area (Å²) in [5.74, 6) is 1.06. The minimum atomic E-state index is -4.45. The summed E-state index contributed by atoms with van der Waals surface area (Å²) in [4.78, 5) is 24.2. The van der Waals surface area contributed by atoms with Crippen molar-refractivity contribution < 1.29 is 41.8 Å². The van der Waals surface area contributed by atoms with E-state index in [1.54, 1.807) is 7.11 Å². The molecule has 1 aliphatic heterocycles. The van der Waals surface area contributed by atoms with Gasteiger partial charge in [-0.15, -0.1) is 0 Å². The number of carbonyl (C=O) groups is 1. The third kappa shape index (κ3) is 9.22. The monoisotopic (exact) mass is 636 g/mol. The van der Waals surface area contributed by atoms with Gasteiger partial charge in [0.15, 0.2) is 17.7 Å². The number of nitrogen functional groups attached to an aromatic ring is 1. The van der Waals surface area contributed by atoms with Crippen molar-refractivity contribution in [3.8, 4) is 11.5 Å². The van der Waals surface area contributed by atoms with E-state index in [4.69, 9.17) is 24.1 Å². The number of ether oxygens (including phenoxy) is 3. The highest BCUT2D eigenvalue weighted by atomic mass is 32.2. The first-order chi connectivity index (χ1) is 21.2. The molecular weight excluding hydrogens is 596 g/mol. The number of nitrogens with one attached hydrogen (secondary N) is 1. The highest BCUT2D eigenvalue weighted by Crippen LogP contribution is 2.32. The van der Waals surface area contributed by atoms with Crippen LogP contribution in [0.3, 0.4) is 0 Å². The lowest BCUT2D eigenvalue weighted by Gasteiger charge is -2.16. The lowest BCUT2D eigenvalue weighted by Crippen LogP contribution is -2.37. The minimum absolute atomic E-state index is 0.0350. The van der Waals surface area contributed by atoms with Gasteiger partial charge in [0.25, 0.3) is 0 Å². The molecule has 1 fully saturated rings. The molecular formula is C28H40N6O9S. The number of imidazole rings is 1. The number of aliphatic hydroxyl groups is 2. The molecule has 1 saturated heterocycles. The zero-order valence-electron chi connectivity index (χ0n) is 24.6. The summed E-state index contributed by atoms with van der Waals surface area (Å²) in [6.45, 7) is 0.0359. The van der Waals surface area contributed by atoms with Gasteiger partial charge in [0.2, 0.25) is 5.91 Å². The molecule has 1 aromatic carbocycles. The van der Waals surface area contributed by atoms with E-state index >= 15 is 0 Å². The van der Waals surface area contributed by atoms with E-state index in [0.717, 1.165) is 56.4 Å². The zero-order chi connectivity index (χ0) is 31.5. The summed E-state index contributed by atoms with van der Waals surface area (Å²) < 4.78 is 49.2. The number of carbonyl (C=O) groups excluding carboxylic acids is 1. The molecule has 2 aromatic heterocycles. The quantitative estimate of drug-likeness (QED) is 0.147. The van der Waals surface area contributed by atoms with Gasteiger partial charge in [-0.25, -0.2) is 19.7 Å². The van der Waals surface area contributed by atoms with Crippen LogP contribution < -0.4 is 19.9 Å². The van der Waals surface area contributed by atoms with Crippen molar-refractivity contribution in [3.05, 3.63) is 36.9 Å². The van der Waals surface area contributed by atoms with Crippen molar-refractivity contribution in [2.24, 2.45) is 0 Å². The first-order valence-electron chi connectivity index (χ1n) is 14.6. The number of benzene rings is 1. The van der Waals surface area contributed by atoms with Crippen LogP contribution in [0.2, 0.25) is 0 Å². The van der Waals surface area contributed by atoms with Crippen molar-refractivity contribution in [1.29, 1.82) is 0 Å². The van der Waals surface area contributed by atoms with Gasteiger partial charge in [-0.1, -0.05) is 38.5 Å². The first-order valence-corrected chi connectivity index (χ1v) is 16.0. The molecule has 16 heteroatoms. The fourth-order valence-electron chi connectivity index (χ4n) is 4.84. The Bertz CT molecular complexity index is 1450. The minimum Gasteiger partial charge on any atom is -0.497 e. The van der Waals surface area contributed by atoms with E-state index < -0.39 is 47.4 Å². The van der Waals surface area contributed by atoms with E-state index in [1.807, 2.05) is 29.0 Å². The molecule has 0 aliphatic carbocycles. The fraction of sp³-hybridized carbons (Fsp3) is 0.571. The van der Waals surface area contributed by atoms with Gasteiger partial charge < -0.3 is 30.2 Å². The Kier molecular flexibility index (Phi) is 12.1. The molecule has 0 unspecified atom stereocenters. The summed E-state index contributed by atoms with van der Waals surface area (Å²) in [6, 6.07) is 7.51. The van der Waals surface area contributed by atoms with Crippen LogP contribution in [0.15, 0.2) is 36.9 Å². The Labute approximate surface area is 256 Å². The Hall–Kier alpha value is -3.57. The summed E-state index contributed by atoms with van der Waals surface area (Å²) in [6.07, 6.45) is 4.88. The summed E-state index contributed by atoms with van der Waals surface area (Å²) in [5.41, 5.74) is 6.33. The van der Waals surface area contributed by atoms with E-state index in [1.165, 1.54) is 17.2 Å². The van der Waals surface area contributed by atoms with E-state index in [0.29, 0.717) is 13.0 Å². The highest BCUT2D eigenvalue weighted by molar-refractivity contribution is 7.85. The molecule has 1 amide bonds. The number of methoxy groups -OCH3 is 1. The normalized spacial score (nSPS) is 20.2. The number of anilines is 1. The topological polar surface area (TPSA) is 210 Å². The standard InChI is InChI=1S/C28H40N6O9S/c1-40-19-11-13-20(14-12-19)41-15-9-7-5-3-2-4-6-8-10-22(35)33-44(38,39)42-16-21-24(36)25(37)28(43-21)34-18-32-23-26(29)30-17-31-27(23)34/h11-14,17-18,21,24-25,28,36-37H,2-10,15-16H2,1H3,(H,33,35)(H2,29,30,31)/t21-,24-,25-,28-/m1/s1. The molecule has 242 valence electrons. The molecule has 15 nitrogen and oxygen atoms in total. The van der Waals surface area contributed by atoms with E-state index in [9.17, 15) is 23.4 Å². The number of nitrogens with two attached hydrogens (primary N) is 1. The van der Waals surface area contributed by atoms with Gasteiger partial charge in [0.1, 0.15) is 41.7 Å². The predicted octanol–water partition coefficient (Wildman–Crippen LogP) is 2.00. The Balaban J connectivity index is 1.05. The van der Waals surface area contributed by atoms with Crippen molar-refractivity contribution in [2.45, 2.75) is 82.3 Å². The smallest absolute Gasteiger partial charge is 0.362 e. The number of hydrogen-bond donors (Lipinski definition) is 4. The number of aromatic nitrogens is 4. The molecule has 0 spiro atoms. The van der Waals surface area contributed by atoms with Crippen LogP contribution in [0.4, 0.5) is 5.82 Å². The van der Waals surface area contributed by atoms with Crippen LogP contribution in [0.25, 0.3) is 11.2 Å². The number of fused-ring (bicyclic) bond motifs is 1. The van der Waals surface area contributed by atoms with E-state index in [2.05, 4.69) is 15.0 Å². The Morgan fingerprint density at radius 3 is 2.34 bits per heavy atom. The average molecular weight is 637 g/mol. The van der Waals surface area contributed by atoms with Gasteiger partial charge in [-0.05, 0) is 37.1 Å². The molecule has 44 heavy (non-hydrogen) atoms. The molecule has 4 rings (SSSR count). The van der Waals surface area contributed by atoms with Crippen molar-refractivity contribution in [1.82, 2.24) is 24.2 Å². The second-order valence-corrected chi connectivity index (χ2v) is 11.8. The summed E-state index contributed by atoms with van der Waals surface area (Å²) in [7, 11) is -2.82. The Morgan fingerprint density at radius 2 is 1.64 bits per heavy atom. The lowest BCUT2D eigenvalue weighted by atomic mass is 10.1. The van der Waals surface area contributed by atoms with Crippen LogP contribution >= 0.6 is 0 Å². The highest BCUT2D eigenvalue weighted by Gasteiger charge is 2.45. The van der Waals surface area contributed by atoms with Crippen molar-refractivity contribution >= 4 is 33.2 Å².